The number of carbonyl (C=O) groups is 1. The number of rotatable bonds is 0. The molecule has 1 heterocycles. The van der Waals surface area contributed by atoms with Crippen molar-refractivity contribution in [2.75, 3.05) is 0 Å². The minimum atomic E-state index is -1.05. The van der Waals surface area contributed by atoms with Crippen molar-refractivity contribution in [3.63, 3.8) is 0 Å². The molecule has 9 heavy (non-hydrogen) atoms. The zero-order valence-corrected chi connectivity index (χ0v) is 4.69. The Morgan fingerprint density at radius 2 is 2.56 bits per heavy atom. The lowest BCUT2D eigenvalue weighted by Crippen LogP contribution is -2.18. The number of hydrogen-bond donors (Lipinski definition) is 1. The maximum atomic E-state index is 10.1. The van der Waals surface area contributed by atoms with E-state index in [1.165, 1.54) is 12.4 Å². The second-order valence-electron chi connectivity index (χ2n) is 1.55. The van der Waals surface area contributed by atoms with E-state index >= 15 is 0 Å². The van der Waals surface area contributed by atoms with E-state index in [2.05, 4.69) is 5.10 Å². The van der Waals surface area contributed by atoms with Gasteiger partial charge in [-0.15, -0.1) is 0 Å². The van der Waals surface area contributed by atoms with Crippen LogP contribution in [0.2, 0.25) is 0 Å². The summed E-state index contributed by atoms with van der Waals surface area (Å²) in [5.41, 5.74) is 0. The second-order valence-corrected chi connectivity index (χ2v) is 1.55. The Morgan fingerprint density at radius 1 is 1.78 bits per heavy atom. The Balaban J connectivity index is 2.60. The van der Waals surface area contributed by atoms with E-state index < -0.39 is 6.09 Å². The minimum absolute atomic E-state index is 0.712. The molecule has 0 radical (unpaired) electrons. The summed E-state index contributed by atoms with van der Waals surface area (Å²) in [4.78, 5) is 10.1. The average Bonchev–Trinajstić information content (AvgIpc) is 1.90. The zero-order chi connectivity index (χ0) is 6.69. The highest BCUT2D eigenvalue weighted by molar-refractivity contribution is 5.70. The van der Waals surface area contributed by atoms with Gasteiger partial charge in [0.15, 0.2) is 0 Å². The summed E-state index contributed by atoms with van der Waals surface area (Å²) in [6.45, 7) is 0. The van der Waals surface area contributed by atoms with Gasteiger partial charge in [-0.1, -0.05) is 6.08 Å². The van der Waals surface area contributed by atoms with Gasteiger partial charge in [-0.2, -0.15) is 10.1 Å². The normalized spacial score (nSPS) is 16.2. The van der Waals surface area contributed by atoms with Crippen molar-refractivity contribution in [3.05, 3.63) is 12.3 Å². The fourth-order valence-electron chi connectivity index (χ4n) is 0.508. The molecule has 48 valence electrons. The Hall–Kier alpha value is -1.32. The van der Waals surface area contributed by atoms with E-state index in [-0.39, 0.29) is 0 Å². The lowest BCUT2D eigenvalue weighted by molar-refractivity contribution is 0.164. The highest BCUT2D eigenvalue weighted by Gasteiger charge is 2.05. The van der Waals surface area contributed by atoms with Crippen LogP contribution in [0.15, 0.2) is 17.4 Å². The third kappa shape index (κ3) is 1.28. The van der Waals surface area contributed by atoms with Crippen LogP contribution in [0.5, 0.6) is 0 Å². The van der Waals surface area contributed by atoms with Crippen LogP contribution >= 0.6 is 0 Å². The molecule has 0 aromatic heterocycles. The minimum Gasteiger partial charge on any atom is -0.463 e. The smallest absolute Gasteiger partial charge is 0.432 e. The lowest BCUT2D eigenvalue weighted by Gasteiger charge is -2.08. The number of hydrazone groups is 1. The highest BCUT2D eigenvalue weighted by atomic mass is 16.4. The van der Waals surface area contributed by atoms with Crippen LogP contribution in [-0.2, 0) is 0 Å². The van der Waals surface area contributed by atoms with Crippen molar-refractivity contribution in [1.29, 1.82) is 0 Å². The highest BCUT2D eigenvalue weighted by Crippen LogP contribution is 1.97. The largest absolute Gasteiger partial charge is 0.463 e. The van der Waals surface area contributed by atoms with Crippen molar-refractivity contribution >= 4 is 12.3 Å². The van der Waals surface area contributed by atoms with Gasteiger partial charge in [0.1, 0.15) is 0 Å². The van der Waals surface area contributed by atoms with Crippen LogP contribution in [0, 0.1) is 0 Å². The average molecular weight is 126 g/mol. The third-order valence-corrected chi connectivity index (χ3v) is 0.890. The molecule has 0 saturated heterocycles. The summed E-state index contributed by atoms with van der Waals surface area (Å²) in [5.74, 6) is 0. The molecule has 1 amide bonds. The van der Waals surface area contributed by atoms with Crippen LogP contribution in [0.25, 0.3) is 0 Å². The van der Waals surface area contributed by atoms with Gasteiger partial charge in [-0.3, -0.25) is 0 Å². The molecular formula is C5H6N2O2. The molecule has 0 saturated carbocycles. The summed E-state index contributed by atoms with van der Waals surface area (Å²) in [6, 6.07) is 0. The van der Waals surface area contributed by atoms with E-state index in [1.54, 1.807) is 6.08 Å². The van der Waals surface area contributed by atoms with E-state index in [1.807, 2.05) is 0 Å². The van der Waals surface area contributed by atoms with Gasteiger partial charge >= 0.3 is 6.09 Å². The van der Waals surface area contributed by atoms with Gasteiger partial charge in [-0.25, -0.2) is 4.79 Å². The van der Waals surface area contributed by atoms with Crippen molar-refractivity contribution in [2.24, 2.45) is 5.10 Å². The number of carboxylic acid groups (broad SMARTS) is 1. The quantitative estimate of drug-likeness (QED) is 0.523. The van der Waals surface area contributed by atoms with E-state index in [0.717, 1.165) is 5.01 Å². The van der Waals surface area contributed by atoms with Crippen molar-refractivity contribution < 1.29 is 9.90 Å². The van der Waals surface area contributed by atoms with E-state index in [0.29, 0.717) is 6.42 Å². The van der Waals surface area contributed by atoms with Crippen LogP contribution in [0.3, 0.4) is 0 Å². The van der Waals surface area contributed by atoms with Crippen LogP contribution in [0.4, 0.5) is 4.79 Å². The van der Waals surface area contributed by atoms with E-state index in [9.17, 15) is 4.79 Å². The van der Waals surface area contributed by atoms with Gasteiger partial charge in [-0.05, 0) is 0 Å². The monoisotopic (exact) mass is 126 g/mol. The maximum absolute atomic E-state index is 10.1. The van der Waals surface area contributed by atoms with Crippen LogP contribution < -0.4 is 0 Å². The fraction of sp³-hybridized carbons (Fsp3) is 0.200. The molecule has 0 unspecified atom stereocenters. The van der Waals surface area contributed by atoms with Gasteiger partial charge < -0.3 is 5.11 Å². The van der Waals surface area contributed by atoms with Gasteiger partial charge in [0.25, 0.3) is 0 Å². The first-order chi connectivity index (χ1) is 4.30. The van der Waals surface area contributed by atoms with Gasteiger partial charge in [0, 0.05) is 18.8 Å². The summed E-state index contributed by atoms with van der Waals surface area (Å²) in [5, 5.41) is 12.7. The molecule has 1 aliphatic heterocycles. The number of amides is 1. The first kappa shape index (κ1) is 5.81. The standard InChI is InChI=1S/C5H6N2O2/c8-5(9)7-4-2-1-3-6-7/h2-4H,1H2,(H,8,9). The first-order valence-electron chi connectivity index (χ1n) is 2.52. The number of nitrogens with zero attached hydrogens (tertiary/aromatic N) is 2. The number of allylic oxidation sites excluding steroid dienone is 1. The Labute approximate surface area is 52.1 Å². The fourth-order valence-corrected chi connectivity index (χ4v) is 0.508. The topological polar surface area (TPSA) is 52.9 Å². The molecule has 4 nitrogen and oxygen atoms in total. The first-order valence-corrected chi connectivity index (χ1v) is 2.52. The van der Waals surface area contributed by atoms with Crippen LogP contribution in [-0.4, -0.2) is 22.4 Å². The molecule has 0 atom stereocenters. The summed E-state index contributed by atoms with van der Waals surface area (Å²) >= 11 is 0. The molecule has 1 rings (SSSR count). The predicted octanol–water partition coefficient (Wildman–Crippen LogP) is 0.870. The molecule has 1 aliphatic rings. The molecule has 4 heteroatoms. The predicted molar refractivity (Wildman–Crippen MR) is 32.1 cm³/mol. The molecule has 0 spiro atoms. The molecule has 0 aromatic carbocycles. The Bertz CT molecular complexity index is 162. The van der Waals surface area contributed by atoms with E-state index in [4.69, 9.17) is 5.11 Å². The SMILES string of the molecule is O=C(O)N1C=CCC=N1. The maximum Gasteiger partial charge on any atom is 0.432 e. The Morgan fingerprint density at radius 3 is 2.89 bits per heavy atom. The summed E-state index contributed by atoms with van der Waals surface area (Å²) < 4.78 is 0. The zero-order valence-electron chi connectivity index (χ0n) is 4.69. The van der Waals surface area contributed by atoms with Crippen molar-refractivity contribution in [1.82, 2.24) is 5.01 Å². The third-order valence-electron chi connectivity index (χ3n) is 0.890. The Kier molecular flexibility index (Phi) is 1.48. The molecule has 0 aromatic rings. The molecule has 0 fully saturated rings. The van der Waals surface area contributed by atoms with Crippen LogP contribution in [0.1, 0.15) is 6.42 Å². The molecule has 0 aliphatic carbocycles. The van der Waals surface area contributed by atoms with Crippen molar-refractivity contribution in [2.45, 2.75) is 6.42 Å². The van der Waals surface area contributed by atoms with Crippen molar-refractivity contribution in [3.8, 4) is 0 Å². The van der Waals surface area contributed by atoms with Gasteiger partial charge in [0.05, 0.1) is 0 Å². The second kappa shape index (κ2) is 2.30. The summed E-state index contributed by atoms with van der Waals surface area (Å²) in [7, 11) is 0. The van der Waals surface area contributed by atoms with Gasteiger partial charge in [0.2, 0.25) is 0 Å². The molecule has 1 N–H and O–H groups in total. The molecular weight excluding hydrogens is 120 g/mol. The number of hydrogen-bond acceptors (Lipinski definition) is 2. The molecule has 0 bridgehead atoms. The lowest BCUT2D eigenvalue weighted by atomic mass is 10.4. The summed E-state index contributed by atoms with van der Waals surface area (Å²) in [6.07, 6.45) is 4.34.